The van der Waals surface area contributed by atoms with Gasteiger partial charge in [-0.15, -0.1) is 0 Å². The minimum atomic E-state index is -0.213. The number of aliphatic hydroxyl groups excluding tert-OH is 1. The molecule has 1 amide bonds. The molecule has 2 rings (SSSR count). The molecule has 0 fully saturated rings. The highest BCUT2D eigenvalue weighted by atomic mass is 16.3. The number of aromatic nitrogens is 2. The van der Waals surface area contributed by atoms with Gasteiger partial charge in [-0.2, -0.15) is 5.10 Å². The van der Waals surface area contributed by atoms with Gasteiger partial charge in [0.25, 0.3) is 5.91 Å². The Kier molecular flexibility index (Phi) is 3.39. The minimum absolute atomic E-state index is 0.0701. The van der Waals surface area contributed by atoms with Crippen molar-refractivity contribution in [3.05, 3.63) is 29.5 Å². The van der Waals surface area contributed by atoms with Crippen molar-refractivity contribution in [1.29, 1.82) is 0 Å². The number of nitrogens with one attached hydrogen (secondary N) is 2. The number of nitrogens with zero attached hydrogens (tertiary/aromatic N) is 1. The molecule has 1 aromatic heterocycles. The Bertz CT molecular complexity index is 534. The molecule has 3 N–H and O–H groups in total. The van der Waals surface area contributed by atoms with Crippen molar-refractivity contribution in [2.75, 3.05) is 13.2 Å². The minimum Gasteiger partial charge on any atom is -0.396 e. The smallest absolute Gasteiger partial charge is 0.272 e. The molecule has 5 nitrogen and oxygen atoms in total. The summed E-state index contributed by atoms with van der Waals surface area (Å²) >= 11 is 0. The van der Waals surface area contributed by atoms with Crippen molar-refractivity contribution in [3.8, 4) is 0 Å². The lowest BCUT2D eigenvalue weighted by Gasteiger charge is -2.01. The van der Waals surface area contributed by atoms with Gasteiger partial charge in [0.05, 0.1) is 5.52 Å². The Hall–Kier alpha value is -1.88. The maximum absolute atomic E-state index is 11.8. The topological polar surface area (TPSA) is 78.0 Å². The molecule has 0 spiro atoms. The molecule has 0 radical (unpaired) electrons. The average Bonchev–Trinajstić information content (AvgIpc) is 2.72. The Morgan fingerprint density at radius 2 is 2.35 bits per heavy atom. The quantitative estimate of drug-likeness (QED) is 0.689. The SMILES string of the molecule is Cc1ccc2[nH]nc(C(=O)NCCCO)c2c1. The van der Waals surface area contributed by atoms with Crippen LogP contribution >= 0.6 is 0 Å². The molecule has 1 aromatic carbocycles. The summed E-state index contributed by atoms with van der Waals surface area (Å²) in [7, 11) is 0. The van der Waals surface area contributed by atoms with Crippen molar-refractivity contribution in [1.82, 2.24) is 15.5 Å². The van der Waals surface area contributed by atoms with E-state index in [0.717, 1.165) is 16.5 Å². The van der Waals surface area contributed by atoms with Crippen molar-refractivity contribution in [2.45, 2.75) is 13.3 Å². The van der Waals surface area contributed by atoms with Gasteiger partial charge >= 0.3 is 0 Å². The van der Waals surface area contributed by atoms with Gasteiger partial charge in [0.15, 0.2) is 5.69 Å². The first kappa shape index (κ1) is 11.6. The zero-order valence-corrected chi connectivity index (χ0v) is 9.66. The molecular formula is C12H15N3O2. The molecule has 0 bridgehead atoms. The third kappa shape index (κ3) is 2.45. The lowest BCUT2D eigenvalue weighted by atomic mass is 10.1. The molecule has 0 aliphatic heterocycles. The Labute approximate surface area is 98.8 Å². The predicted octanol–water partition coefficient (Wildman–Crippen LogP) is 0.984. The number of carbonyl (C=O) groups is 1. The second kappa shape index (κ2) is 4.97. The van der Waals surface area contributed by atoms with Gasteiger partial charge in [0.2, 0.25) is 0 Å². The van der Waals surface area contributed by atoms with Crippen LogP contribution in [0.2, 0.25) is 0 Å². The number of benzene rings is 1. The third-order valence-corrected chi connectivity index (χ3v) is 2.55. The van der Waals surface area contributed by atoms with Gasteiger partial charge in [-0.25, -0.2) is 0 Å². The van der Waals surface area contributed by atoms with Crippen LogP contribution in [-0.4, -0.2) is 34.4 Å². The molecule has 1 heterocycles. The van der Waals surface area contributed by atoms with Gasteiger partial charge in [-0.3, -0.25) is 9.89 Å². The first-order valence-electron chi connectivity index (χ1n) is 5.56. The van der Waals surface area contributed by atoms with E-state index in [4.69, 9.17) is 5.11 Å². The summed E-state index contributed by atoms with van der Waals surface area (Å²) in [5, 5.41) is 19.0. The summed E-state index contributed by atoms with van der Waals surface area (Å²) in [6.07, 6.45) is 0.549. The average molecular weight is 233 g/mol. The summed E-state index contributed by atoms with van der Waals surface area (Å²) in [6.45, 7) is 2.50. The van der Waals surface area contributed by atoms with Crippen molar-refractivity contribution >= 4 is 16.8 Å². The number of hydrogen-bond acceptors (Lipinski definition) is 3. The Balaban J connectivity index is 2.23. The number of hydrogen-bond donors (Lipinski definition) is 3. The molecule has 0 saturated carbocycles. The van der Waals surface area contributed by atoms with Crippen LogP contribution in [0.5, 0.6) is 0 Å². The van der Waals surface area contributed by atoms with E-state index in [1.807, 2.05) is 25.1 Å². The van der Waals surface area contributed by atoms with Crippen LogP contribution in [-0.2, 0) is 0 Å². The number of carbonyl (C=O) groups excluding carboxylic acids is 1. The number of aliphatic hydroxyl groups is 1. The zero-order valence-electron chi connectivity index (χ0n) is 9.66. The number of fused-ring (bicyclic) bond motifs is 1. The van der Waals surface area contributed by atoms with Gasteiger partial charge in [0, 0.05) is 18.5 Å². The van der Waals surface area contributed by atoms with Crippen molar-refractivity contribution < 1.29 is 9.90 Å². The second-order valence-corrected chi connectivity index (χ2v) is 3.95. The van der Waals surface area contributed by atoms with Crippen LogP contribution in [0.25, 0.3) is 10.9 Å². The highest BCUT2D eigenvalue weighted by Gasteiger charge is 2.13. The number of amides is 1. The molecule has 5 heteroatoms. The fourth-order valence-electron chi connectivity index (χ4n) is 1.67. The first-order valence-corrected chi connectivity index (χ1v) is 5.56. The molecule has 17 heavy (non-hydrogen) atoms. The van der Waals surface area contributed by atoms with Crippen LogP contribution in [0.4, 0.5) is 0 Å². The molecule has 0 atom stereocenters. The van der Waals surface area contributed by atoms with Crippen LogP contribution in [0.3, 0.4) is 0 Å². The van der Waals surface area contributed by atoms with E-state index >= 15 is 0 Å². The normalized spacial score (nSPS) is 10.7. The van der Waals surface area contributed by atoms with Gasteiger partial charge in [-0.1, -0.05) is 11.6 Å². The summed E-state index contributed by atoms with van der Waals surface area (Å²) in [5.41, 5.74) is 2.34. The van der Waals surface area contributed by atoms with Crippen LogP contribution in [0.1, 0.15) is 22.5 Å². The second-order valence-electron chi connectivity index (χ2n) is 3.95. The largest absolute Gasteiger partial charge is 0.396 e. The molecule has 0 aliphatic rings. The zero-order chi connectivity index (χ0) is 12.3. The van der Waals surface area contributed by atoms with E-state index in [1.54, 1.807) is 0 Å². The number of aryl methyl sites for hydroxylation is 1. The van der Waals surface area contributed by atoms with E-state index in [9.17, 15) is 4.79 Å². The van der Waals surface area contributed by atoms with E-state index in [0.29, 0.717) is 18.7 Å². The maximum atomic E-state index is 11.8. The molecule has 90 valence electrons. The highest BCUT2D eigenvalue weighted by Crippen LogP contribution is 2.17. The Morgan fingerprint density at radius 1 is 1.53 bits per heavy atom. The number of H-pyrrole nitrogens is 1. The van der Waals surface area contributed by atoms with Gasteiger partial charge in [0.1, 0.15) is 0 Å². The first-order chi connectivity index (χ1) is 8.22. The monoisotopic (exact) mass is 233 g/mol. The fraction of sp³-hybridized carbons (Fsp3) is 0.333. The molecule has 0 unspecified atom stereocenters. The number of rotatable bonds is 4. The standard InChI is InChI=1S/C12H15N3O2/c1-8-3-4-10-9(7-8)11(15-14-10)12(17)13-5-2-6-16/h3-4,7,16H,2,5-6H2,1H3,(H,13,17)(H,14,15). The van der Waals surface area contributed by atoms with E-state index < -0.39 is 0 Å². The van der Waals surface area contributed by atoms with Crippen molar-refractivity contribution in [3.63, 3.8) is 0 Å². The third-order valence-electron chi connectivity index (χ3n) is 2.55. The lowest BCUT2D eigenvalue weighted by molar-refractivity contribution is 0.0948. The Morgan fingerprint density at radius 3 is 3.12 bits per heavy atom. The number of aromatic amines is 1. The van der Waals surface area contributed by atoms with E-state index in [2.05, 4.69) is 15.5 Å². The summed E-state index contributed by atoms with van der Waals surface area (Å²) in [5.74, 6) is -0.213. The fourth-order valence-corrected chi connectivity index (χ4v) is 1.67. The molecule has 0 saturated heterocycles. The predicted molar refractivity (Wildman–Crippen MR) is 64.9 cm³/mol. The van der Waals surface area contributed by atoms with E-state index in [1.165, 1.54) is 0 Å². The summed E-state index contributed by atoms with van der Waals surface area (Å²) < 4.78 is 0. The lowest BCUT2D eigenvalue weighted by Crippen LogP contribution is -2.25. The summed E-state index contributed by atoms with van der Waals surface area (Å²) in [4.78, 5) is 11.8. The van der Waals surface area contributed by atoms with Gasteiger partial charge < -0.3 is 10.4 Å². The van der Waals surface area contributed by atoms with Crippen LogP contribution in [0.15, 0.2) is 18.2 Å². The van der Waals surface area contributed by atoms with E-state index in [-0.39, 0.29) is 12.5 Å². The van der Waals surface area contributed by atoms with Gasteiger partial charge in [-0.05, 0) is 25.5 Å². The molecular weight excluding hydrogens is 218 g/mol. The highest BCUT2D eigenvalue weighted by molar-refractivity contribution is 6.04. The molecule has 2 aromatic rings. The maximum Gasteiger partial charge on any atom is 0.272 e. The van der Waals surface area contributed by atoms with Crippen LogP contribution in [0, 0.1) is 6.92 Å². The van der Waals surface area contributed by atoms with Crippen LogP contribution < -0.4 is 5.32 Å². The summed E-state index contributed by atoms with van der Waals surface area (Å²) in [6, 6.07) is 5.80. The van der Waals surface area contributed by atoms with Crippen molar-refractivity contribution in [2.24, 2.45) is 0 Å². The molecule has 0 aliphatic carbocycles.